The van der Waals surface area contributed by atoms with Crippen LogP contribution in [0.25, 0.3) is 0 Å². The molecule has 1 aromatic carbocycles. The number of hydrogen-bond donors (Lipinski definition) is 0. The number of nitrogens with zero attached hydrogens (tertiary/aromatic N) is 2. The van der Waals surface area contributed by atoms with Gasteiger partial charge in [0.2, 0.25) is 0 Å². The van der Waals surface area contributed by atoms with Crippen molar-refractivity contribution in [2.45, 2.75) is 6.54 Å². The Morgan fingerprint density at radius 2 is 2.12 bits per heavy atom. The number of methoxy groups -OCH3 is 2. The molecule has 0 saturated carbocycles. The second-order valence-corrected chi connectivity index (χ2v) is 6.71. The van der Waals surface area contributed by atoms with Crippen molar-refractivity contribution in [2.75, 3.05) is 27.4 Å². The van der Waals surface area contributed by atoms with E-state index >= 15 is 0 Å². The summed E-state index contributed by atoms with van der Waals surface area (Å²) in [5.74, 6) is -0.609. The van der Waals surface area contributed by atoms with E-state index in [2.05, 4.69) is 25.7 Å². The molecule has 1 heterocycles. The summed E-state index contributed by atoms with van der Waals surface area (Å²) in [5, 5.41) is 2.29. The average Bonchev–Trinajstić information content (AvgIpc) is 3.05. The number of rotatable bonds is 7. The first-order valence-corrected chi connectivity index (χ1v) is 8.79. The Labute approximate surface area is 152 Å². The Morgan fingerprint density at radius 1 is 1.33 bits per heavy atom. The van der Waals surface area contributed by atoms with Crippen molar-refractivity contribution >= 4 is 39.1 Å². The third kappa shape index (κ3) is 4.86. The second kappa shape index (κ2) is 8.91. The van der Waals surface area contributed by atoms with E-state index in [4.69, 9.17) is 4.74 Å². The Kier molecular flexibility index (Phi) is 6.89. The Bertz CT molecular complexity index is 720. The first-order valence-electron chi connectivity index (χ1n) is 7.11. The third-order valence-corrected chi connectivity index (χ3v) is 4.52. The quantitative estimate of drug-likeness (QED) is 0.653. The number of benzene rings is 1. The fraction of sp³-hybridized carbons (Fsp3) is 0.312. The monoisotopic (exact) mass is 412 g/mol. The van der Waals surface area contributed by atoms with Gasteiger partial charge in [0, 0.05) is 29.1 Å². The molecular weight excluding hydrogens is 396 g/mol. The highest BCUT2D eigenvalue weighted by Gasteiger charge is 2.19. The zero-order valence-electron chi connectivity index (χ0n) is 13.3. The van der Waals surface area contributed by atoms with E-state index < -0.39 is 5.97 Å². The molecule has 6 nitrogen and oxygen atoms in total. The maximum Gasteiger partial charge on any atom is 0.357 e. The smallest absolute Gasteiger partial charge is 0.357 e. The molecule has 0 N–H and O–H groups in total. The van der Waals surface area contributed by atoms with Gasteiger partial charge in [-0.15, -0.1) is 11.3 Å². The molecule has 0 unspecified atom stereocenters. The van der Waals surface area contributed by atoms with Gasteiger partial charge in [-0.2, -0.15) is 0 Å². The van der Waals surface area contributed by atoms with E-state index in [1.807, 2.05) is 12.1 Å². The zero-order chi connectivity index (χ0) is 17.5. The van der Waals surface area contributed by atoms with E-state index in [0.29, 0.717) is 30.3 Å². The van der Waals surface area contributed by atoms with Crippen molar-refractivity contribution in [3.63, 3.8) is 0 Å². The summed E-state index contributed by atoms with van der Waals surface area (Å²) in [5.41, 5.74) is 0.823. The summed E-state index contributed by atoms with van der Waals surface area (Å²) >= 11 is 4.68. The minimum absolute atomic E-state index is 0.122. The molecule has 24 heavy (non-hydrogen) atoms. The number of ether oxygens (including phenoxy) is 2. The minimum Gasteiger partial charge on any atom is -0.464 e. The van der Waals surface area contributed by atoms with Gasteiger partial charge < -0.3 is 14.4 Å². The lowest BCUT2D eigenvalue weighted by atomic mass is 10.2. The summed E-state index contributed by atoms with van der Waals surface area (Å²) in [7, 11) is 2.89. The summed E-state index contributed by atoms with van der Waals surface area (Å²) in [4.78, 5) is 30.1. The van der Waals surface area contributed by atoms with Gasteiger partial charge in [0.15, 0.2) is 5.69 Å². The van der Waals surface area contributed by atoms with Crippen LogP contribution in [0.5, 0.6) is 0 Å². The molecule has 0 aliphatic carbocycles. The lowest BCUT2D eigenvalue weighted by Crippen LogP contribution is -2.33. The van der Waals surface area contributed by atoms with E-state index in [1.54, 1.807) is 29.5 Å². The van der Waals surface area contributed by atoms with Crippen LogP contribution in [0.3, 0.4) is 0 Å². The summed E-state index contributed by atoms with van der Waals surface area (Å²) in [6, 6.07) is 7.20. The number of aromatic nitrogens is 1. The van der Waals surface area contributed by atoms with E-state index in [9.17, 15) is 9.59 Å². The molecule has 0 aliphatic rings. The summed E-state index contributed by atoms with van der Waals surface area (Å²) in [6.07, 6.45) is 0. The Balaban J connectivity index is 2.17. The molecule has 1 aromatic heterocycles. The minimum atomic E-state index is -0.487. The molecule has 128 valence electrons. The first-order chi connectivity index (χ1) is 11.5. The van der Waals surface area contributed by atoms with Crippen molar-refractivity contribution in [1.29, 1.82) is 0 Å². The number of esters is 1. The van der Waals surface area contributed by atoms with Gasteiger partial charge >= 0.3 is 5.97 Å². The molecule has 0 fully saturated rings. The Morgan fingerprint density at radius 3 is 2.79 bits per heavy atom. The predicted molar refractivity (Wildman–Crippen MR) is 94.2 cm³/mol. The first kappa shape index (κ1) is 18.6. The lowest BCUT2D eigenvalue weighted by Gasteiger charge is -2.21. The van der Waals surface area contributed by atoms with Gasteiger partial charge in [-0.25, -0.2) is 9.78 Å². The lowest BCUT2D eigenvalue weighted by molar-refractivity contribution is 0.0594. The highest BCUT2D eigenvalue weighted by molar-refractivity contribution is 9.10. The standard InChI is InChI=1S/C16H17BrN2O4S/c1-22-7-6-19(15(20)11-4-3-5-12(17)8-11)9-14-18-13(10-24-14)16(21)23-2/h3-5,8,10H,6-7,9H2,1-2H3. The predicted octanol–water partition coefficient (Wildman–Crippen LogP) is 2.98. The van der Waals surface area contributed by atoms with Gasteiger partial charge in [-0.1, -0.05) is 22.0 Å². The van der Waals surface area contributed by atoms with Crippen LogP contribution >= 0.6 is 27.3 Å². The van der Waals surface area contributed by atoms with Crippen molar-refractivity contribution in [1.82, 2.24) is 9.88 Å². The molecule has 8 heteroatoms. The van der Waals surface area contributed by atoms with Crippen LogP contribution in [0, 0.1) is 0 Å². The highest BCUT2D eigenvalue weighted by atomic mass is 79.9. The van der Waals surface area contributed by atoms with Crippen LogP contribution < -0.4 is 0 Å². The molecule has 0 atom stereocenters. The van der Waals surface area contributed by atoms with Crippen LogP contribution in [0.2, 0.25) is 0 Å². The van der Waals surface area contributed by atoms with Crippen LogP contribution in [0.1, 0.15) is 25.9 Å². The highest BCUT2D eigenvalue weighted by Crippen LogP contribution is 2.17. The molecule has 2 rings (SSSR count). The Hall–Kier alpha value is -1.77. The fourth-order valence-electron chi connectivity index (χ4n) is 2.00. The molecule has 0 bridgehead atoms. The molecule has 1 amide bonds. The summed E-state index contributed by atoms with van der Waals surface area (Å²) < 4.78 is 10.6. The van der Waals surface area contributed by atoms with Crippen LogP contribution in [-0.2, 0) is 16.0 Å². The van der Waals surface area contributed by atoms with Crippen molar-refractivity contribution in [3.05, 3.63) is 50.4 Å². The average molecular weight is 413 g/mol. The van der Waals surface area contributed by atoms with Gasteiger partial charge in [-0.3, -0.25) is 4.79 Å². The third-order valence-electron chi connectivity index (χ3n) is 3.20. The second-order valence-electron chi connectivity index (χ2n) is 4.85. The van der Waals surface area contributed by atoms with Crippen LogP contribution in [0.15, 0.2) is 34.1 Å². The van der Waals surface area contributed by atoms with Gasteiger partial charge in [0.1, 0.15) is 5.01 Å². The molecular formula is C16H17BrN2O4S. The fourth-order valence-corrected chi connectivity index (χ4v) is 3.18. The molecule has 0 saturated heterocycles. The topological polar surface area (TPSA) is 68.7 Å². The maximum atomic E-state index is 12.7. The molecule has 0 spiro atoms. The van der Waals surface area contributed by atoms with Crippen molar-refractivity contribution in [3.8, 4) is 0 Å². The zero-order valence-corrected chi connectivity index (χ0v) is 15.7. The van der Waals surface area contributed by atoms with E-state index in [0.717, 1.165) is 4.47 Å². The molecule has 2 aromatic rings. The number of carbonyl (C=O) groups is 2. The van der Waals surface area contributed by atoms with Crippen LogP contribution in [-0.4, -0.2) is 49.1 Å². The van der Waals surface area contributed by atoms with Gasteiger partial charge in [0.25, 0.3) is 5.91 Å². The van der Waals surface area contributed by atoms with Crippen molar-refractivity contribution in [2.24, 2.45) is 0 Å². The number of halogens is 1. The van der Waals surface area contributed by atoms with Gasteiger partial charge in [-0.05, 0) is 18.2 Å². The van der Waals surface area contributed by atoms with Gasteiger partial charge in [0.05, 0.1) is 20.3 Å². The summed E-state index contributed by atoms with van der Waals surface area (Å²) in [6.45, 7) is 1.14. The van der Waals surface area contributed by atoms with E-state index in [-0.39, 0.29) is 11.6 Å². The largest absolute Gasteiger partial charge is 0.464 e. The maximum absolute atomic E-state index is 12.7. The van der Waals surface area contributed by atoms with Crippen molar-refractivity contribution < 1.29 is 19.1 Å². The molecule has 0 aliphatic heterocycles. The molecule has 0 radical (unpaired) electrons. The number of thiazole rings is 1. The number of hydrogen-bond acceptors (Lipinski definition) is 6. The van der Waals surface area contributed by atoms with E-state index in [1.165, 1.54) is 18.4 Å². The number of carbonyl (C=O) groups excluding carboxylic acids is 2. The SMILES string of the molecule is COCCN(Cc1nc(C(=O)OC)cs1)C(=O)c1cccc(Br)c1. The normalized spacial score (nSPS) is 10.5. The number of amides is 1. The van der Waals surface area contributed by atoms with Crippen LogP contribution in [0.4, 0.5) is 0 Å².